The number of rotatable bonds is 2. The topological polar surface area (TPSA) is 23.5 Å². The van der Waals surface area contributed by atoms with Gasteiger partial charge in [-0.05, 0) is 45.2 Å². The molecule has 1 atom stereocenters. The number of piperidine rings is 1. The van der Waals surface area contributed by atoms with Crippen LogP contribution in [0, 0.1) is 5.92 Å². The zero-order chi connectivity index (χ0) is 9.31. The molecule has 1 unspecified atom stereocenters. The van der Waals surface area contributed by atoms with E-state index in [2.05, 4.69) is 11.8 Å². The van der Waals surface area contributed by atoms with Crippen molar-refractivity contribution < 1.29 is 5.11 Å². The number of hydrogen-bond donors (Lipinski definition) is 1. The van der Waals surface area contributed by atoms with Crippen LogP contribution in [0.1, 0.15) is 39.0 Å². The Hall–Kier alpha value is -0.0800. The molecule has 2 rings (SSSR count). The lowest BCUT2D eigenvalue weighted by molar-refractivity contribution is -0.102. The lowest BCUT2D eigenvalue weighted by Gasteiger charge is -2.47. The Morgan fingerprint density at radius 1 is 1.38 bits per heavy atom. The van der Waals surface area contributed by atoms with Gasteiger partial charge in [-0.25, -0.2) is 0 Å². The first-order chi connectivity index (χ1) is 6.24. The van der Waals surface area contributed by atoms with Crippen LogP contribution in [-0.4, -0.2) is 35.2 Å². The Balaban J connectivity index is 1.91. The molecule has 1 N–H and O–H groups in total. The van der Waals surface area contributed by atoms with E-state index in [0.29, 0.717) is 5.92 Å². The molecular weight excluding hydrogens is 162 g/mol. The summed E-state index contributed by atoms with van der Waals surface area (Å²) in [7, 11) is 0. The molecule has 0 radical (unpaired) electrons. The summed E-state index contributed by atoms with van der Waals surface area (Å²) in [6.45, 7) is 5.73. The quantitative estimate of drug-likeness (QED) is 0.703. The largest absolute Gasteiger partial charge is 0.390 e. The highest BCUT2D eigenvalue weighted by atomic mass is 16.3. The highest BCUT2D eigenvalue weighted by Crippen LogP contribution is 2.41. The van der Waals surface area contributed by atoms with E-state index < -0.39 is 0 Å². The second-order valence-electron chi connectivity index (χ2n) is 4.69. The van der Waals surface area contributed by atoms with Gasteiger partial charge in [0, 0.05) is 12.5 Å². The van der Waals surface area contributed by atoms with Gasteiger partial charge in [0.25, 0.3) is 0 Å². The first-order valence-electron chi connectivity index (χ1n) is 5.69. The van der Waals surface area contributed by atoms with Crippen LogP contribution in [0.4, 0.5) is 0 Å². The lowest BCUT2D eigenvalue weighted by atomic mass is 9.68. The minimum absolute atomic E-state index is 0.270. The number of hydrogen-bond acceptors (Lipinski definition) is 2. The van der Waals surface area contributed by atoms with Crippen molar-refractivity contribution in [2.75, 3.05) is 19.6 Å². The number of nitrogens with zero attached hydrogens (tertiary/aromatic N) is 1. The van der Waals surface area contributed by atoms with Crippen LogP contribution in [0.25, 0.3) is 0 Å². The number of aliphatic hydroxyl groups is 1. The van der Waals surface area contributed by atoms with Crippen molar-refractivity contribution in [3.8, 4) is 0 Å². The van der Waals surface area contributed by atoms with E-state index in [1.54, 1.807) is 0 Å². The predicted molar refractivity (Wildman–Crippen MR) is 53.6 cm³/mol. The normalized spacial score (nSPS) is 34.2. The maximum Gasteiger partial charge on any atom is 0.0688 e. The zero-order valence-corrected chi connectivity index (χ0v) is 8.63. The molecule has 1 aliphatic heterocycles. The summed E-state index contributed by atoms with van der Waals surface area (Å²) >= 11 is 0. The molecule has 2 fully saturated rings. The summed E-state index contributed by atoms with van der Waals surface area (Å²) in [6, 6.07) is 0. The SMILES string of the molecule is CCN1CCCC(C2(O)CCC2)C1. The molecule has 0 aromatic heterocycles. The molecule has 2 heteroatoms. The molecule has 2 nitrogen and oxygen atoms in total. The van der Waals surface area contributed by atoms with Gasteiger partial charge in [-0.15, -0.1) is 0 Å². The van der Waals surface area contributed by atoms with Crippen LogP contribution in [-0.2, 0) is 0 Å². The van der Waals surface area contributed by atoms with Crippen LogP contribution < -0.4 is 0 Å². The summed E-state index contributed by atoms with van der Waals surface area (Å²) in [5.74, 6) is 0.565. The van der Waals surface area contributed by atoms with Crippen molar-refractivity contribution in [3.05, 3.63) is 0 Å². The summed E-state index contributed by atoms with van der Waals surface area (Å²) in [6.07, 6.45) is 5.86. The second kappa shape index (κ2) is 3.58. The third-order valence-corrected chi connectivity index (χ3v) is 3.93. The van der Waals surface area contributed by atoms with Gasteiger partial charge in [-0.1, -0.05) is 6.92 Å². The van der Waals surface area contributed by atoms with Gasteiger partial charge in [-0.2, -0.15) is 0 Å². The smallest absolute Gasteiger partial charge is 0.0688 e. The Bertz CT molecular complexity index is 177. The van der Waals surface area contributed by atoms with Crippen molar-refractivity contribution >= 4 is 0 Å². The minimum Gasteiger partial charge on any atom is -0.390 e. The lowest BCUT2D eigenvalue weighted by Crippen LogP contribution is -2.51. The third-order valence-electron chi connectivity index (χ3n) is 3.93. The predicted octanol–water partition coefficient (Wildman–Crippen LogP) is 1.63. The van der Waals surface area contributed by atoms with E-state index >= 15 is 0 Å². The van der Waals surface area contributed by atoms with E-state index in [1.165, 1.54) is 25.8 Å². The molecular formula is C11H21NO. The van der Waals surface area contributed by atoms with Crippen LogP contribution in [0.3, 0.4) is 0 Å². The van der Waals surface area contributed by atoms with Crippen molar-refractivity contribution in [2.45, 2.75) is 44.6 Å². The molecule has 1 saturated carbocycles. The zero-order valence-electron chi connectivity index (χ0n) is 8.63. The van der Waals surface area contributed by atoms with E-state index in [9.17, 15) is 5.11 Å². The maximum atomic E-state index is 10.2. The van der Waals surface area contributed by atoms with Gasteiger partial charge in [0.05, 0.1) is 5.60 Å². The van der Waals surface area contributed by atoms with E-state index in [0.717, 1.165) is 25.9 Å². The summed E-state index contributed by atoms with van der Waals surface area (Å²) in [5.41, 5.74) is -0.270. The average Bonchev–Trinajstić information content (AvgIpc) is 2.14. The van der Waals surface area contributed by atoms with Gasteiger partial charge in [-0.3, -0.25) is 0 Å². The van der Waals surface area contributed by atoms with Crippen molar-refractivity contribution in [3.63, 3.8) is 0 Å². The fourth-order valence-corrected chi connectivity index (χ4v) is 2.73. The summed E-state index contributed by atoms with van der Waals surface area (Å²) in [5, 5.41) is 10.2. The highest BCUT2D eigenvalue weighted by Gasteiger charge is 2.43. The molecule has 0 spiro atoms. The molecule has 0 bridgehead atoms. The van der Waals surface area contributed by atoms with Gasteiger partial charge >= 0.3 is 0 Å². The van der Waals surface area contributed by atoms with E-state index in [-0.39, 0.29) is 5.60 Å². The van der Waals surface area contributed by atoms with Crippen LogP contribution in [0.2, 0.25) is 0 Å². The van der Waals surface area contributed by atoms with Crippen molar-refractivity contribution in [2.24, 2.45) is 5.92 Å². The standard InChI is InChI=1S/C11H21NO/c1-2-12-8-3-5-10(9-12)11(13)6-4-7-11/h10,13H,2-9H2,1H3. The maximum absolute atomic E-state index is 10.2. The Labute approximate surface area is 80.9 Å². The minimum atomic E-state index is -0.270. The first kappa shape index (κ1) is 9.47. The van der Waals surface area contributed by atoms with E-state index in [1.807, 2.05) is 0 Å². The average molecular weight is 183 g/mol. The first-order valence-corrected chi connectivity index (χ1v) is 5.69. The van der Waals surface area contributed by atoms with Crippen LogP contribution >= 0.6 is 0 Å². The highest BCUT2D eigenvalue weighted by molar-refractivity contribution is 4.96. The van der Waals surface area contributed by atoms with Gasteiger partial charge in [0.2, 0.25) is 0 Å². The van der Waals surface area contributed by atoms with Gasteiger partial charge < -0.3 is 10.0 Å². The van der Waals surface area contributed by atoms with Gasteiger partial charge in [0.15, 0.2) is 0 Å². The van der Waals surface area contributed by atoms with Crippen LogP contribution in [0.5, 0.6) is 0 Å². The Morgan fingerprint density at radius 2 is 2.15 bits per heavy atom. The molecule has 0 aromatic carbocycles. The van der Waals surface area contributed by atoms with Crippen molar-refractivity contribution in [1.29, 1.82) is 0 Å². The third kappa shape index (κ3) is 1.75. The fourth-order valence-electron chi connectivity index (χ4n) is 2.73. The molecule has 0 amide bonds. The van der Waals surface area contributed by atoms with E-state index in [4.69, 9.17) is 0 Å². The number of likely N-dealkylation sites (tertiary alicyclic amines) is 1. The summed E-state index contributed by atoms with van der Waals surface area (Å²) in [4.78, 5) is 2.48. The Kier molecular flexibility index (Phi) is 2.61. The second-order valence-corrected chi connectivity index (χ2v) is 4.69. The molecule has 13 heavy (non-hydrogen) atoms. The molecule has 0 aromatic rings. The molecule has 76 valence electrons. The molecule has 2 aliphatic rings. The van der Waals surface area contributed by atoms with Gasteiger partial charge in [0.1, 0.15) is 0 Å². The summed E-state index contributed by atoms with van der Waals surface area (Å²) < 4.78 is 0. The molecule has 1 aliphatic carbocycles. The monoisotopic (exact) mass is 183 g/mol. The van der Waals surface area contributed by atoms with Crippen LogP contribution in [0.15, 0.2) is 0 Å². The molecule has 1 saturated heterocycles. The molecule has 1 heterocycles. The fraction of sp³-hybridized carbons (Fsp3) is 1.00. The Morgan fingerprint density at radius 3 is 2.69 bits per heavy atom. The van der Waals surface area contributed by atoms with Crippen molar-refractivity contribution in [1.82, 2.24) is 4.90 Å².